The van der Waals surface area contributed by atoms with E-state index in [0.29, 0.717) is 19.2 Å². The number of carbonyl (C=O) groups is 2. The van der Waals surface area contributed by atoms with Gasteiger partial charge in [-0.1, -0.05) is 24.4 Å². The van der Waals surface area contributed by atoms with Crippen molar-refractivity contribution < 1.29 is 27.2 Å². The van der Waals surface area contributed by atoms with E-state index in [1.54, 1.807) is 4.90 Å². The van der Waals surface area contributed by atoms with Gasteiger partial charge >= 0.3 is 12.2 Å². The second-order valence-corrected chi connectivity index (χ2v) is 9.77. The van der Waals surface area contributed by atoms with E-state index >= 15 is 0 Å². The highest BCUT2D eigenvalue weighted by Crippen LogP contribution is 2.38. The Bertz CT molecular complexity index is 1100. The summed E-state index contributed by atoms with van der Waals surface area (Å²) in [6, 6.07) is 4.14. The smallest absolute Gasteiger partial charge is 0.343 e. The molecule has 1 aromatic carbocycles. The first-order valence-electron chi connectivity index (χ1n) is 11.9. The van der Waals surface area contributed by atoms with Crippen LogP contribution >= 0.6 is 11.6 Å². The largest absolute Gasteiger partial charge is 0.416 e. The second-order valence-electron chi connectivity index (χ2n) is 9.34. The van der Waals surface area contributed by atoms with Crippen molar-refractivity contribution in [1.82, 2.24) is 20.5 Å². The maximum Gasteiger partial charge on any atom is 0.416 e. The monoisotopic (exact) mass is 526 g/mol. The van der Waals surface area contributed by atoms with Crippen LogP contribution in [0, 0.1) is 5.82 Å². The molecule has 6 nitrogen and oxygen atoms in total. The van der Waals surface area contributed by atoms with Gasteiger partial charge in [0.1, 0.15) is 11.4 Å². The van der Waals surface area contributed by atoms with Gasteiger partial charge in [0, 0.05) is 25.3 Å². The minimum absolute atomic E-state index is 0.0692. The highest BCUT2D eigenvalue weighted by Gasteiger charge is 2.43. The van der Waals surface area contributed by atoms with Gasteiger partial charge in [-0.25, -0.2) is 9.18 Å². The molecule has 2 aromatic rings. The lowest BCUT2D eigenvalue weighted by atomic mass is 9.81. The Balaban J connectivity index is 1.84. The summed E-state index contributed by atoms with van der Waals surface area (Å²) in [6.07, 6.45) is 1.00. The quantitative estimate of drug-likeness (QED) is 0.496. The Morgan fingerprint density at radius 2 is 1.69 bits per heavy atom. The maximum absolute atomic E-state index is 14.6. The van der Waals surface area contributed by atoms with Gasteiger partial charge in [-0.05, 0) is 61.6 Å². The number of hydrogen-bond acceptors (Lipinski definition) is 3. The van der Waals surface area contributed by atoms with Crippen molar-refractivity contribution in [2.24, 2.45) is 0 Å². The van der Waals surface area contributed by atoms with E-state index in [9.17, 15) is 27.2 Å². The molecular weight excluding hydrogens is 500 g/mol. The van der Waals surface area contributed by atoms with Crippen molar-refractivity contribution in [1.29, 1.82) is 0 Å². The molecular formula is C25H27ClF4N4O2. The number of aromatic nitrogens is 1. The molecule has 36 heavy (non-hydrogen) atoms. The van der Waals surface area contributed by atoms with Gasteiger partial charge in [0.25, 0.3) is 0 Å². The van der Waals surface area contributed by atoms with E-state index in [-0.39, 0.29) is 28.2 Å². The number of rotatable bonds is 6. The van der Waals surface area contributed by atoms with Crippen molar-refractivity contribution in [3.63, 3.8) is 0 Å². The van der Waals surface area contributed by atoms with Gasteiger partial charge < -0.3 is 15.5 Å². The van der Waals surface area contributed by atoms with Gasteiger partial charge in [0.15, 0.2) is 0 Å². The fourth-order valence-electron chi connectivity index (χ4n) is 4.94. The summed E-state index contributed by atoms with van der Waals surface area (Å²) < 4.78 is 55.6. The van der Waals surface area contributed by atoms with E-state index < -0.39 is 35.5 Å². The molecule has 0 radical (unpaired) electrons. The third-order valence-electron chi connectivity index (χ3n) is 6.78. The number of hydrogen-bond donors (Lipinski definition) is 2. The second kappa shape index (κ2) is 10.6. The van der Waals surface area contributed by atoms with Crippen LogP contribution in [0.5, 0.6) is 0 Å². The lowest BCUT2D eigenvalue weighted by molar-refractivity contribution is -0.137. The van der Waals surface area contributed by atoms with Crippen molar-refractivity contribution >= 4 is 23.5 Å². The molecule has 0 unspecified atom stereocenters. The first-order chi connectivity index (χ1) is 17.1. The minimum atomic E-state index is -4.85. The van der Waals surface area contributed by atoms with Crippen LogP contribution < -0.4 is 10.6 Å². The van der Waals surface area contributed by atoms with E-state index in [1.165, 1.54) is 18.3 Å². The Hall–Kier alpha value is -2.88. The summed E-state index contributed by atoms with van der Waals surface area (Å²) in [6.45, 7) is 0.988. The number of amides is 3. The summed E-state index contributed by atoms with van der Waals surface area (Å²) in [5.41, 5.74) is -3.28. The van der Waals surface area contributed by atoms with E-state index in [4.69, 9.17) is 11.6 Å². The fraction of sp³-hybridized carbons (Fsp3) is 0.480. The summed E-state index contributed by atoms with van der Waals surface area (Å²) >= 11 is 6.00. The van der Waals surface area contributed by atoms with Crippen LogP contribution in [-0.2, 0) is 16.5 Å². The first kappa shape index (κ1) is 26.2. The van der Waals surface area contributed by atoms with Crippen molar-refractivity contribution in [2.75, 3.05) is 13.1 Å². The Morgan fingerprint density at radius 3 is 2.31 bits per heavy atom. The number of benzene rings is 1. The van der Waals surface area contributed by atoms with Gasteiger partial charge in [-0.3, -0.25) is 9.78 Å². The zero-order valence-electron chi connectivity index (χ0n) is 19.5. The molecule has 3 amide bonds. The number of likely N-dealkylation sites (tertiary alicyclic amines) is 1. The standard InChI is InChI=1S/C25H27ClF4N4O2/c26-18-7-8-21(31-15-18)24(14-22(35)34-9-3-4-10-34,33-23(36)32-20-5-1-2-6-20)16-11-17(25(28,29)30)13-19(27)12-16/h7-8,11-13,15,20H,1-6,9-10,14H2,(H2,32,33,36)/t24-/m0/s1. The molecule has 0 spiro atoms. The number of urea groups is 1. The van der Waals surface area contributed by atoms with Crippen LogP contribution in [0.3, 0.4) is 0 Å². The van der Waals surface area contributed by atoms with Crippen molar-refractivity contribution in [2.45, 2.75) is 62.7 Å². The van der Waals surface area contributed by atoms with Gasteiger partial charge in [0.05, 0.1) is 22.7 Å². The average Bonchev–Trinajstić information content (AvgIpc) is 3.52. The predicted octanol–water partition coefficient (Wildman–Crippen LogP) is 5.39. The molecule has 1 saturated heterocycles. The van der Waals surface area contributed by atoms with E-state index in [1.807, 2.05) is 0 Å². The molecule has 2 aliphatic rings. The molecule has 2 heterocycles. The molecule has 1 aromatic heterocycles. The van der Waals surface area contributed by atoms with Crippen LogP contribution in [0.4, 0.5) is 22.4 Å². The molecule has 4 rings (SSSR count). The lowest BCUT2D eigenvalue weighted by Gasteiger charge is -2.36. The first-order valence-corrected chi connectivity index (χ1v) is 12.3. The van der Waals surface area contributed by atoms with E-state index in [2.05, 4.69) is 15.6 Å². The maximum atomic E-state index is 14.6. The molecule has 1 aliphatic heterocycles. The van der Waals surface area contributed by atoms with Crippen LogP contribution in [0.15, 0.2) is 36.5 Å². The molecule has 11 heteroatoms. The third kappa shape index (κ3) is 5.91. The zero-order valence-corrected chi connectivity index (χ0v) is 20.3. The Kier molecular flexibility index (Phi) is 7.73. The third-order valence-corrected chi connectivity index (χ3v) is 7.00. The SMILES string of the molecule is O=C(NC1CCCC1)N[C@@](CC(=O)N1CCCC1)(c1cc(F)cc(C(F)(F)F)c1)c1ccc(Cl)cn1. The highest BCUT2D eigenvalue weighted by atomic mass is 35.5. The number of alkyl halides is 3. The molecule has 0 bridgehead atoms. The molecule has 194 valence electrons. The van der Waals surface area contributed by atoms with Gasteiger partial charge in [-0.2, -0.15) is 13.2 Å². The Labute approximate surface area is 211 Å². The molecule has 1 saturated carbocycles. The van der Waals surface area contributed by atoms with Crippen LogP contribution in [0.2, 0.25) is 5.02 Å². The topological polar surface area (TPSA) is 74.3 Å². The number of pyridine rings is 1. The molecule has 2 N–H and O–H groups in total. The zero-order chi connectivity index (χ0) is 25.9. The number of nitrogens with one attached hydrogen (secondary N) is 2. The fourth-order valence-corrected chi connectivity index (χ4v) is 5.05. The predicted molar refractivity (Wildman–Crippen MR) is 126 cm³/mol. The average molecular weight is 527 g/mol. The van der Waals surface area contributed by atoms with Crippen LogP contribution in [-0.4, -0.2) is 41.0 Å². The number of halogens is 5. The summed E-state index contributed by atoms with van der Waals surface area (Å²) in [4.78, 5) is 32.4. The molecule has 1 aliphatic carbocycles. The number of carbonyl (C=O) groups excluding carboxylic acids is 2. The number of nitrogens with zero attached hydrogens (tertiary/aromatic N) is 2. The summed E-state index contributed by atoms with van der Waals surface area (Å²) in [7, 11) is 0. The molecule has 1 atom stereocenters. The van der Waals surface area contributed by atoms with E-state index in [0.717, 1.165) is 50.7 Å². The lowest BCUT2D eigenvalue weighted by Crippen LogP contribution is -2.55. The highest BCUT2D eigenvalue weighted by molar-refractivity contribution is 6.30. The summed E-state index contributed by atoms with van der Waals surface area (Å²) in [5.74, 6) is -1.53. The molecule has 2 fully saturated rings. The van der Waals surface area contributed by atoms with Crippen molar-refractivity contribution in [3.05, 3.63) is 64.2 Å². The minimum Gasteiger partial charge on any atom is -0.343 e. The van der Waals surface area contributed by atoms with Crippen LogP contribution in [0.25, 0.3) is 0 Å². The van der Waals surface area contributed by atoms with Gasteiger partial charge in [-0.15, -0.1) is 0 Å². The van der Waals surface area contributed by atoms with Crippen LogP contribution in [0.1, 0.15) is 61.8 Å². The normalized spacial score (nSPS) is 18.2. The Morgan fingerprint density at radius 1 is 1.03 bits per heavy atom. The van der Waals surface area contributed by atoms with Crippen molar-refractivity contribution in [3.8, 4) is 0 Å². The van der Waals surface area contributed by atoms with Gasteiger partial charge in [0.2, 0.25) is 5.91 Å². The summed E-state index contributed by atoms with van der Waals surface area (Å²) in [5, 5.41) is 5.83.